The lowest BCUT2D eigenvalue weighted by molar-refractivity contribution is -0.385. The van der Waals surface area contributed by atoms with E-state index in [1.54, 1.807) is 12.1 Å². The number of ether oxygens (including phenoxy) is 1. The molecule has 0 aliphatic carbocycles. The number of hydrogen-bond acceptors (Lipinski definition) is 5. The van der Waals surface area contributed by atoms with Crippen LogP contribution in [0.4, 0.5) is 15.8 Å². The molecular weight excluding hydrogens is 355 g/mol. The molecule has 0 saturated heterocycles. The molecule has 0 N–H and O–H groups in total. The minimum Gasteiger partial charge on any atom is -0.493 e. The molecule has 0 unspecified atom stereocenters. The van der Waals surface area contributed by atoms with E-state index >= 15 is 4.39 Å². The SMILES string of the molecule is COc1c(-c2cccc([N+](=O)[O-])c2)ccc(-c2ccc([N+](=O)[O-])cc2)c1F. The van der Waals surface area contributed by atoms with Crippen molar-refractivity contribution in [2.75, 3.05) is 7.11 Å². The Labute approximate surface area is 152 Å². The molecular formula is C19H13FN2O5. The van der Waals surface area contributed by atoms with Gasteiger partial charge in [-0.2, -0.15) is 0 Å². The van der Waals surface area contributed by atoms with Crippen molar-refractivity contribution >= 4 is 11.4 Å². The maximum atomic E-state index is 15.0. The van der Waals surface area contributed by atoms with E-state index in [1.807, 2.05) is 0 Å². The summed E-state index contributed by atoms with van der Waals surface area (Å²) in [4.78, 5) is 20.7. The molecule has 0 aromatic heterocycles. The van der Waals surface area contributed by atoms with E-state index in [0.717, 1.165) is 0 Å². The van der Waals surface area contributed by atoms with E-state index < -0.39 is 15.7 Å². The summed E-state index contributed by atoms with van der Waals surface area (Å²) >= 11 is 0. The van der Waals surface area contributed by atoms with Crippen LogP contribution in [0.25, 0.3) is 22.3 Å². The molecule has 0 radical (unpaired) electrons. The number of halogens is 1. The van der Waals surface area contributed by atoms with Gasteiger partial charge in [-0.1, -0.05) is 18.2 Å². The molecule has 8 heteroatoms. The smallest absolute Gasteiger partial charge is 0.270 e. The fraction of sp³-hybridized carbons (Fsp3) is 0.0526. The van der Waals surface area contributed by atoms with Gasteiger partial charge < -0.3 is 4.74 Å². The monoisotopic (exact) mass is 368 g/mol. The van der Waals surface area contributed by atoms with Gasteiger partial charge in [0, 0.05) is 35.4 Å². The van der Waals surface area contributed by atoms with E-state index in [-0.39, 0.29) is 22.7 Å². The summed E-state index contributed by atoms with van der Waals surface area (Å²) in [7, 11) is 1.30. The summed E-state index contributed by atoms with van der Waals surface area (Å²) in [6.45, 7) is 0. The van der Waals surface area contributed by atoms with Gasteiger partial charge in [-0.25, -0.2) is 4.39 Å². The Morgan fingerprint density at radius 1 is 0.815 bits per heavy atom. The van der Waals surface area contributed by atoms with Crippen LogP contribution in [0.1, 0.15) is 0 Å². The molecule has 27 heavy (non-hydrogen) atoms. The molecule has 7 nitrogen and oxygen atoms in total. The first kappa shape index (κ1) is 18.0. The van der Waals surface area contributed by atoms with Crippen LogP contribution < -0.4 is 4.74 Å². The number of nitro benzene ring substituents is 2. The second-order valence-corrected chi connectivity index (χ2v) is 5.62. The Balaban J connectivity index is 2.10. The van der Waals surface area contributed by atoms with Gasteiger partial charge in [0.15, 0.2) is 11.6 Å². The summed E-state index contributed by atoms with van der Waals surface area (Å²) < 4.78 is 20.2. The van der Waals surface area contributed by atoms with Crippen LogP contribution in [0.2, 0.25) is 0 Å². The highest BCUT2D eigenvalue weighted by molar-refractivity contribution is 5.78. The van der Waals surface area contributed by atoms with Crippen molar-refractivity contribution in [3.63, 3.8) is 0 Å². The van der Waals surface area contributed by atoms with E-state index in [4.69, 9.17) is 4.74 Å². The topological polar surface area (TPSA) is 95.5 Å². The summed E-state index contributed by atoms with van der Waals surface area (Å²) in [5.41, 5.74) is 1.24. The van der Waals surface area contributed by atoms with E-state index in [0.29, 0.717) is 16.7 Å². The molecule has 0 amide bonds. The van der Waals surface area contributed by atoms with Crippen molar-refractivity contribution in [3.8, 4) is 28.0 Å². The van der Waals surface area contributed by atoms with Gasteiger partial charge in [-0.15, -0.1) is 0 Å². The third-order valence-corrected chi connectivity index (χ3v) is 4.06. The zero-order valence-corrected chi connectivity index (χ0v) is 14.1. The fourth-order valence-electron chi connectivity index (χ4n) is 2.76. The fourth-order valence-corrected chi connectivity index (χ4v) is 2.76. The molecule has 0 aliphatic heterocycles. The number of methoxy groups -OCH3 is 1. The summed E-state index contributed by atoms with van der Waals surface area (Å²) in [6, 6.07) is 14.4. The van der Waals surface area contributed by atoms with Crippen molar-refractivity contribution in [1.29, 1.82) is 0 Å². The van der Waals surface area contributed by atoms with Gasteiger partial charge >= 0.3 is 0 Å². The predicted molar refractivity (Wildman–Crippen MR) is 97.1 cm³/mol. The summed E-state index contributed by atoms with van der Waals surface area (Å²) in [5, 5.41) is 21.7. The maximum Gasteiger partial charge on any atom is 0.270 e. The Bertz CT molecular complexity index is 1030. The molecule has 0 saturated carbocycles. The lowest BCUT2D eigenvalue weighted by atomic mass is 9.98. The molecule has 0 heterocycles. The van der Waals surface area contributed by atoms with Crippen LogP contribution >= 0.6 is 0 Å². The Morgan fingerprint density at radius 2 is 1.44 bits per heavy atom. The van der Waals surface area contributed by atoms with Crippen molar-refractivity contribution in [2.45, 2.75) is 0 Å². The minimum absolute atomic E-state index is 0.0636. The first-order valence-corrected chi connectivity index (χ1v) is 7.78. The highest BCUT2D eigenvalue weighted by Gasteiger charge is 2.18. The summed E-state index contributed by atoms with van der Waals surface area (Å²) in [6.07, 6.45) is 0. The van der Waals surface area contributed by atoms with Crippen molar-refractivity contribution in [2.24, 2.45) is 0 Å². The van der Waals surface area contributed by atoms with Gasteiger partial charge in [0.05, 0.1) is 17.0 Å². The number of nitrogens with zero attached hydrogens (tertiary/aromatic N) is 2. The van der Waals surface area contributed by atoms with Crippen molar-refractivity contribution < 1.29 is 19.0 Å². The van der Waals surface area contributed by atoms with Gasteiger partial charge in [-0.3, -0.25) is 20.2 Å². The largest absolute Gasteiger partial charge is 0.493 e. The van der Waals surface area contributed by atoms with Gasteiger partial charge in [0.1, 0.15) is 0 Å². The molecule has 0 bridgehead atoms. The normalized spacial score (nSPS) is 10.4. The summed E-state index contributed by atoms with van der Waals surface area (Å²) in [5.74, 6) is -0.721. The Kier molecular flexibility index (Phi) is 4.80. The Morgan fingerprint density at radius 3 is 2.04 bits per heavy atom. The molecule has 0 spiro atoms. The van der Waals surface area contributed by atoms with Crippen LogP contribution in [0, 0.1) is 26.0 Å². The zero-order chi connectivity index (χ0) is 19.6. The molecule has 3 rings (SSSR count). The third-order valence-electron chi connectivity index (χ3n) is 4.06. The second-order valence-electron chi connectivity index (χ2n) is 5.62. The lowest BCUT2D eigenvalue weighted by Gasteiger charge is -2.13. The van der Waals surface area contributed by atoms with Gasteiger partial charge in [-0.05, 0) is 29.3 Å². The molecule has 3 aromatic rings. The second kappa shape index (κ2) is 7.20. The van der Waals surface area contributed by atoms with Crippen LogP contribution in [-0.2, 0) is 0 Å². The van der Waals surface area contributed by atoms with Crippen molar-refractivity contribution in [3.05, 3.63) is 86.7 Å². The zero-order valence-electron chi connectivity index (χ0n) is 14.1. The first-order chi connectivity index (χ1) is 12.9. The molecule has 136 valence electrons. The maximum absolute atomic E-state index is 15.0. The van der Waals surface area contributed by atoms with E-state index in [2.05, 4.69) is 0 Å². The number of rotatable bonds is 5. The van der Waals surface area contributed by atoms with E-state index in [9.17, 15) is 20.2 Å². The quantitative estimate of drug-likeness (QED) is 0.467. The van der Waals surface area contributed by atoms with Gasteiger partial charge in [0.25, 0.3) is 11.4 Å². The van der Waals surface area contributed by atoms with Crippen LogP contribution in [-0.4, -0.2) is 17.0 Å². The average Bonchev–Trinajstić information content (AvgIpc) is 2.67. The number of non-ortho nitro benzene ring substituents is 2. The number of nitro groups is 2. The van der Waals surface area contributed by atoms with Crippen molar-refractivity contribution in [1.82, 2.24) is 0 Å². The number of benzene rings is 3. The molecule has 0 aliphatic rings. The molecule has 0 fully saturated rings. The molecule has 0 atom stereocenters. The highest BCUT2D eigenvalue weighted by atomic mass is 19.1. The molecule has 3 aromatic carbocycles. The lowest BCUT2D eigenvalue weighted by Crippen LogP contribution is -1.96. The highest BCUT2D eigenvalue weighted by Crippen LogP contribution is 2.38. The number of hydrogen-bond donors (Lipinski definition) is 0. The minimum atomic E-state index is -0.657. The average molecular weight is 368 g/mol. The Hall–Kier alpha value is -3.81. The standard InChI is InChI=1S/C19H13FN2O5/c1-27-19-17(13-3-2-4-15(11-13)22(25)26)10-9-16(18(19)20)12-5-7-14(8-6-12)21(23)24/h2-11H,1H3. The van der Waals surface area contributed by atoms with E-state index in [1.165, 1.54) is 55.6 Å². The van der Waals surface area contributed by atoms with Gasteiger partial charge in [0.2, 0.25) is 0 Å². The van der Waals surface area contributed by atoms with Crippen LogP contribution in [0.3, 0.4) is 0 Å². The third kappa shape index (κ3) is 3.45. The van der Waals surface area contributed by atoms with Crippen LogP contribution in [0.5, 0.6) is 5.75 Å². The van der Waals surface area contributed by atoms with Crippen LogP contribution in [0.15, 0.2) is 60.7 Å². The predicted octanol–water partition coefficient (Wildman–Crippen LogP) is 4.98. The first-order valence-electron chi connectivity index (χ1n) is 7.78.